The van der Waals surface area contributed by atoms with E-state index in [0.717, 1.165) is 42.4 Å². The van der Waals surface area contributed by atoms with E-state index in [1.807, 2.05) is 36.4 Å². The van der Waals surface area contributed by atoms with E-state index in [-0.39, 0.29) is 11.5 Å². The van der Waals surface area contributed by atoms with E-state index in [2.05, 4.69) is 15.3 Å². The first-order chi connectivity index (χ1) is 14.1. The van der Waals surface area contributed by atoms with Gasteiger partial charge >= 0.3 is 0 Å². The highest BCUT2D eigenvalue weighted by atomic mass is 19.1. The quantitative estimate of drug-likeness (QED) is 0.707. The molecule has 0 bridgehead atoms. The molecule has 1 saturated heterocycles. The number of hydrogen-bond donors (Lipinski definition) is 1. The lowest BCUT2D eigenvalue weighted by Crippen LogP contribution is -2.39. The Balaban J connectivity index is 1.50. The van der Waals surface area contributed by atoms with Gasteiger partial charge in [0.2, 0.25) is 5.95 Å². The summed E-state index contributed by atoms with van der Waals surface area (Å²) < 4.78 is 27.5. The minimum absolute atomic E-state index is 0.00337. The van der Waals surface area contributed by atoms with E-state index in [1.54, 1.807) is 11.1 Å². The fourth-order valence-electron chi connectivity index (χ4n) is 3.55. The third-order valence-electron chi connectivity index (χ3n) is 4.99. The lowest BCUT2D eigenvalue weighted by Gasteiger charge is -2.32. The van der Waals surface area contributed by atoms with Crippen molar-refractivity contribution < 1.29 is 13.6 Å². The number of aromatic nitrogens is 2. The minimum Gasteiger partial charge on any atom is -0.338 e. The highest BCUT2D eigenvalue weighted by molar-refractivity contribution is 5.94. The van der Waals surface area contributed by atoms with Gasteiger partial charge in [0.1, 0.15) is 11.6 Å². The monoisotopic (exact) mass is 394 g/mol. The number of nitrogens with one attached hydrogen (secondary N) is 1. The second-order valence-electron chi connectivity index (χ2n) is 7.01. The average molecular weight is 394 g/mol. The number of benzene rings is 2. The van der Waals surface area contributed by atoms with E-state index in [9.17, 15) is 13.6 Å². The van der Waals surface area contributed by atoms with Gasteiger partial charge in [0, 0.05) is 30.9 Å². The van der Waals surface area contributed by atoms with Gasteiger partial charge in [0.05, 0.1) is 11.3 Å². The molecule has 3 aromatic rings. The number of para-hydroxylation sites is 1. The zero-order chi connectivity index (χ0) is 20.2. The molecule has 1 aromatic heterocycles. The molecule has 2 heterocycles. The van der Waals surface area contributed by atoms with Crippen LogP contribution in [-0.4, -0.2) is 33.9 Å². The van der Waals surface area contributed by atoms with Crippen LogP contribution in [0.4, 0.5) is 20.4 Å². The Morgan fingerprint density at radius 1 is 1.10 bits per heavy atom. The van der Waals surface area contributed by atoms with E-state index in [1.165, 1.54) is 0 Å². The van der Waals surface area contributed by atoms with Crippen molar-refractivity contribution in [3.05, 3.63) is 83.7 Å². The predicted octanol–water partition coefficient (Wildman–Crippen LogP) is 4.52. The number of likely N-dealkylation sites (tertiary alicyclic amines) is 1. The van der Waals surface area contributed by atoms with Crippen molar-refractivity contribution in [2.45, 2.75) is 18.8 Å². The maximum Gasteiger partial charge on any atom is 0.256 e. The van der Waals surface area contributed by atoms with Crippen LogP contribution in [0.1, 0.15) is 34.8 Å². The molecule has 0 aliphatic carbocycles. The van der Waals surface area contributed by atoms with Crippen LogP contribution in [0.3, 0.4) is 0 Å². The molecule has 1 amide bonds. The van der Waals surface area contributed by atoms with Gasteiger partial charge in [-0.3, -0.25) is 4.79 Å². The van der Waals surface area contributed by atoms with E-state index in [0.29, 0.717) is 19.0 Å². The molecule has 1 atom stereocenters. The molecule has 1 fully saturated rings. The van der Waals surface area contributed by atoms with Crippen LogP contribution >= 0.6 is 0 Å². The van der Waals surface area contributed by atoms with Gasteiger partial charge < -0.3 is 10.2 Å². The molecule has 5 nitrogen and oxygen atoms in total. The van der Waals surface area contributed by atoms with Crippen LogP contribution in [0.25, 0.3) is 0 Å². The summed E-state index contributed by atoms with van der Waals surface area (Å²) in [6.45, 7) is 0.905. The first-order valence-electron chi connectivity index (χ1n) is 9.49. The van der Waals surface area contributed by atoms with Gasteiger partial charge in [0.15, 0.2) is 0 Å². The molecule has 0 unspecified atom stereocenters. The molecule has 4 rings (SSSR count). The molecule has 148 valence electrons. The normalized spacial score (nSPS) is 16.5. The first kappa shape index (κ1) is 19.0. The summed E-state index contributed by atoms with van der Waals surface area (Å²) in [5.74, 6) is -1.36. The Kier molecular flexibility index (Phi) is 5.46. The first-order valence-corrected chi connectivity index (χ1v) is 9.49. The van der Waals surface area contributed by atoms with E-state index < -0.39 is 17.5 Å². The summed E-state index contributed by atoms with van der Waals surface area (Å²) in [4.78, 5) is 23.2. The molecular formula is C22H20F2N4O. The Hall–Kier alpha value is -3.35. The van der Waals surface area contributed by atoms with Crippen molar-refractivity contribution in [1.82, 2.24) is 14.9 Å². The van der Waals surface area contributed by atoms with Crippen molar-refractivity contribution >= 4 is 17.5 Å². The third-order valence-corrected chi connectivity index (χ3v) is 4.99. The summed E-state index contributed by atoms with van der Waals surface area (Å²) >= 11 is 0. The highest BCUT2D eigenvalue weighted by Gasteiger charge is 2.28. The Bertz CT molecular complexity index is 1010. The summed E-state index contributed by atoms with van der Waals surface area (Å²) in [6, 6.07) is 14.4. The molecule has 1 aliphatic rings. The summed E-state index contributed by atoms with van der Waals surface area (Å²) in [7, 11) is 0. The van der Waals surface area contributed by atoms with Gasteiger partial charge in [-0.05, 0) is 49.2 Å². The average Bonchev–Trinajstić information content (AvgIpc) is 2.76. The molecule has 2 aromatic carbocycles. The van der Waals surface area contributed by atoms with E-state index >= 15 is 0 Å². The topological polar surface area (TPSA) is 58.1 Å². The summed E-state index contributed by atoms with van der Waals surface area (Å²) in [5.41, 5.74) is 1.46. The smallest absolute Gasteiger partial charge is 0.256 e. The molecular weight excluding hydrogens is 374 g/mol. The van der Waals surface area contributed by atoms with Crippen LogP contribution in [0, 0.1) is 11.6 Å². The van der Waals surface area contributed by atoms with Crippen LogP contribution in [-0.2, 0) is 0 Å². The molecule has 7 heteroatoms. The second kappa shape index (κ2) is 8.34. The molecule has 0 spiro atoms. The summed E-state index contributed by atoms with van der Waals surface area (Å²) in [5, 5.41) is 3.16. The SMILES string of the molecule is O=C(c1cc(F)ccc1F)N1CCC[C@H](c2ccnc(Nc3ccccc3)n2)C1. The number of nitrogens with zero attached hydrogens (tertiary/aromatic N) is 3. The third kappa shape index (κ3) is 4.39. The van der Waals surface area contributed by atoms with Crippen molar-refractivity contribution in [3.63, 3.8) is 0 Å². The van der Waals surface area contributed by atoms with Crippen LogP contribution in [0.5, 0.6) is 0 Å². The molecule has 1 aliphatic heterocycles. The number of amides is 1. The number of rotatable bonds is 4. The highest BCUT2D eigenvalue weighted by Crippen LogP contribution is 2.28. The molecule has 29 heavy (non-hydrogen) atoms. The van der Waals surface area contributed by atoms with Crippen LogP contribution in [0.15, 0.2) is 60.8 Å². The van der Waals surface area contributed by atoms with Gasteiger partial charge in [0.25, 0.3) is 5.91 Å². The van der Waals surface area contributed by atoms with Crippen LogP contribution in [0.2, 0.25) is 0 Å². The van der Waals surface area contributed by atoms with Crippen molar-refractivity contribution in [2.24, 2.45) is 0 Å². The van der Waals surface area contributed by atoms with Gasteiger partial charge in [-0.15, -0.1) is 0 Å². The number of carbonyl (C=O) groups excluding carboxylic acids is 1. The number of carbonyl (C=O) groups is 1. The standard InChI is InChI=1S/C22H20F2N4O/c23-16-8-9-19(24)18(13-16)21(29)28-12-4-5-15(14-28)20-10-11-25-22(27-20)26-17-6-2-1-3-7-17/h1-3,6-11,13,15H,4-5,12,14H2,(H,25,26,27)/t15-/m0/s1. The molecule has 1 N–H and O–H groups in total. The number of anilines is 2. The van der Waals surface area contributed by atoms with Gasteiger partial charge in [-0.1, -0.05) is 18.2 Å². The zero-order valence-electron chi connectivity index (χ0n) is 15.7. The predicted molar refractivity (Wildman–Crippen MR) is 106 cm³/mol. The van der Waals surface area contributed by atoms with Crippen LogP contribution < -0.4 is 5.32 Å². The number of halogens is 2. The Labute approximate surface area is 167 Å². The Morgan fingerprint density at radius 2 is 1.93 bits per heavy atom. The fourth-order valence-corrected chi connectivity index (χ4v) is 3.55. The largest absolute Gasteiger partial charge is 0.338 e. The second-order valence-corrected chi connectivity index (χ2v) is 7.01. The number of hydrogen-bond acceptors (Lipinski definition) is 4. The van der Waals surface area contributed by atoms with Gasteiger partial charge in [-0.25, -0.2) is 18.7 Å². The van der Waals surface area contributed by atoms with E-state index in [4.69, 9.17) is 0 Å². The van der Waals surface area contributed by atoms with Gasteiger partial charge in [-0.2, -0.15) is 0 Å². The lowest BCUT2D eigenvalue weighted by atomic mass is 9.94. The summed E-state index contributed by atoms with van der Waals surface area (Å²) in [6.07, 6.45) is 3.30. The molecule has 0 saturated carbocycles. The lowest BCUT2D eigenvalue weighted by molar-refractivity contribution is 0.0700. The maximum absolute atomic E-state index is 14.0. The van der Waals surface area contributed by atoms with Crippen molar-refractivity contribution in [3.8, 4) is 0 Å². The minimum atomic E-state index is -0.713. The van der Waals surface area contributed by atoms with Crippen molar-refractivity contribution in [1.29, 1.82) is 0 Å². The number of piperidine rings is 1. The molecule has 0 radical (unpaired) electrons. The van der Waals surface area contributed by atoms with Crippen molar-refractivity contribution in [2.75, 3.05) is 18.4 Å². The Morgan fingerprint density at radius 3 is 2.76 bits per heavy atom. The maximum atomic E-state index is 14.0. The fraction of sp³-hybridized carbons (Fsp3) is 0.227. The zero-order valence-corrected chi connectivity index (χ0v) is 15.7.